The number of hydrogen-bond donors (Lipinski definition) is 4. The molecule has 1 unspecified atom stereocenters. The molecule has 4 rings (SSSR count). The van der Waals surface area contributed by atoms with Crippen molar-refractivity contribution in [1.29, 1.82) is 5.41 Å². The highest BCUT2D eigenvalue weighted by atomic mass is 32.2. The normalized spacial score (nSPS) is 12.0. The SMILES string of the molecule is COc1cc(C(CNS(=O)(=O)c2c(C)c(C)cc(C)c2C)Nc2ccc(C(=N)N)cc2)ccc1OCc1ccccc1. The maximum atomic E-state index is 13.7. The van der Waals surface area contributed by atoms with Gasteiger partial charge in [0, 0.05) is 17.8 Å². The van der Waals surface area contributed by atoms with Crippen LogP contribution in [0.1, 0.15) is 45.0 Å². The Morgan fingerprint density at radius 2 is 1.52 bits per heavy atom. The minimum Gasteiger partial charge on any atom is -0.493 e. The maximum absolute atomic E-state index is 13.7. The van der Waals surface area contributed by atoms with Gasteiger partial charge in [0.1, 0.15) is 12.4 Å². The number of amidine groups is 1. The van der Waals surface area contributed by atoms with Gasteiger partial charge in [0.25, 0.3) is 0 Å². The van der Waals surface area contributed by atoms with Crippen molar-refractivity contribution in [2.75, 3.05) is 19.0 Å². The minimum absolute atomic E-state index is 0.0270. The van der Waals surface area contributed by atoms with E-state index in [-0.39, 0.29) is 12.4 Å². The highest BCUT2D eigenvalue weighted by Gasteiger charge is 2.24. The highest BCUT2D eigenvalue weighted by molar-refractivity contribution is 7.89. The van der Waals surface area contributed by atoms with Crippen LogP contribution in [0.5, 0.6) is 11.5 Å². The van der Waals surface area contributed by atoms with E-state index < -0.39 is 16.1 Å². The van der Waals surface area contributed by atoms with Gasteiger partial charge >= 0.3 is 0 Å². The Hall–Kier alpha value is -4.34. The average molecular weight is 587 g/mol. The molecule has 0 aromatic heterocycles. The lowest BCUT2D eigenvalue weighted by Crippen LogP contribution is -2.32. The summed E-state index contributed by atoms with van der Waals surface area (Å²) in [5.74, 6) is 1.09. The summed E-state index contributed by atoms with van der Waals surface area (Å²) < 4.78 is 41.9. The van der Waals surface area contributed by atoms with Gasteiger partial charge in [0.05, 0.1) is 18.0 Å². The van der Waals surface area contributed by atoms with E-state index in [4.69, 9.17) is 20.6 Å². The standard InChI is InChI=1S/C33H38N4O4S/c1-21-17-22(2)24(4)32(23(21)3)42(38,39)36-19-29(37-28-14-11-26(12-15-28)33(34)35)27-13-16-30(31(18-27)40-5)41-20-25-9-7-6-8-10-25/h6-18,29,36-37H,19-20H2,1-5H3,(H3,34,35). The van der Waals surface area contributed by atoms with Gasteiger partial charge in [-0.25, -0.2) is 13.1 Å². The Labute approximate surface area is 248 Å². The summed E-state index contributed by atoms with van der Waals surface area (Å²) in [6, 6.07) is 24.1. The lowest BCUT2D eigenvalue weighted by atomic mass is 10.0. The molecule has 0 bridgehead atoms. The smallest absolute Gasteiger partial charge is 0.241 e. The van der Waals surface area contributed by atoms with E-state index >= 15 is 0 Å². The molecule has 0 aliphatic heterocycles. The van der Waals surface area contributed by atoms with Crippen LogP contribution in [0.2, 0.25) is 0 Å². The fourth-order valence-electron chi connectivity index (χ4n) is 4.80. The molecule has 0 spiro atoms. The Bertz CT molecular complexity index is 1640. The predicted octanol–water partition coefficient (Wildman–Crippen LogP) is 5.92. The average Bonchev–Trinajstić information content (AvgIpc) is 2.98. The molecular formula is C33H38N4O4S. The molecule has 0 saturated heterocycles. The molecule has 4 aromatic carbocycles. The first-order chi connectivity index (χ1) is 20.0. The highest BCUT2D eigenvalue weighted by Crippen LogP contribution is 2.33. The minimum atomic E-state index is -3.83. The van der Waals surface area contributed by atoms with Crippen molar-refractivity contribution < 1.29 is 17.9 Å². The second-order valence-electron chi connectivity index (χ2n) is 10.3. The van der Waals surface area contributed by atoms with Crippen LogP contribution < -0.4 is 25.2 Å². The van der Waals surface area contributed by atoms with Crippen molar-refractivity contribution >= 4 is 21.5 Å². The molecule has 0 heterocycles. The summed E-state index contributed by atoms with van der Waals surface area (Å²) in [6.45, 7) is 7.96. The fourth-order valence-corrected chi connectivity index (χ4v) is 6.46. The van der Waals surface area contributed by atoms with E-state index in [1.807, 2.05) is 94.4 Å². The summed E-state index contributed by atoms with van der Waals surface area (Å²) in [4.78, 5) is 0.312. The molecule has 1 atom stereocenters. The zero-order valence-electron chi connectivity index (χ0n) is 24.6. The first kappa shape index (κ1) is 30.6. The zero-order chi connectivity index (χ0) is 30.4. The molecule has 5 N–H and O–H groups in total. The molecule has 0 saturated carbocycles. The van der Waals surface area contributed by atoms with E-state index in [1.165, 1.54) is 0 Å². The lowest BCUT2D eigenvalue weighted by molar-refractivity contribution is 0.284. The number of nitrogens with one attached hydrogen (secondary N) is 3. The van der Waals surface area contributed by atoms with Crippen molar-refractivity contribution in [1.82, 2.24) is 4.72 Å². The van der Waals surface area contributed by atoms with Crippen LogP contribution in [-0.2, 0) is 16.6 Å². The second-order valence-corrected chi connectivity index (χ2v) is 12.0. The third-order valence-electron chi connectivity index (χ3n) is 7.41. The van der Waals surface area contributed by atoms with Crippen molar-refractivity contribution in [3.8, 4) is 11.5 Å². The summed E-state index contributed by atoms with van der Waals surface area (Å²) in [7, 11) is -2.26. The summed E-state index contributed by atoms with van der Waals surface area (Å²) >= 11 is 0. The van der Waals surface area contributed by atoms with Crippen LogP contribution in [0.3, 0.4) is 0 Å². The van der Waals surface area contributed by atoms with Crippen LogP contribution in [0, 0.1) is 33.1 Å². The molecule has 9 heteroatoms. The van der Waals surface area contributed by atoms with E-state index in [0.717, 1.165) is 39.1 Å². The van der Waals surface area contributed by atoms with Crippen molar-refractivity contribution in [2.45, 2.75) is 45.2 Å². The number of nitrogens with two attached hydrogens (primary N) is 1. The summed E-state index contributed by atoms with van der Waals surface area (Å²) in [5.41, 5.74) is 12.1. The number of nitrogen functional groups attached to an aromatic ring is 1. The Kier molecular flexibility index (Phi) is 9.55. The van der Waals surface area contributed by atoms with E-state index in [9.17, 15) is 8.42 Å². The molecule has 8 nitrogen and oxygen atoms in total. The van der Waals surface area contributed by atoms with Crippen LogP contribution >= 0.6 is 0 Å². The van der Waals surface area contributed by atoms with Gasteiger partial charge < -0.3 is 20.5 Å². The molecule has 0 aliphatic rings. The number of methoxy groups -OCH3 is 1. The van der Waals surface area contributed by atoms with E-state index in [0.29, 0.717) is 28.6 Å². The van der Waals surface area contributed by atoms with E-state index in [2.05, 4.69) is 10.0 Å². The van der Waals surface area contributed by atoms with Crippen molar-refractivity contribution in [3.63, 3.8) is 0 Å². The summed E-state index contributed by atoms with van der Waals surface area (Å²) in [6.07, 6.45) is 0. The zero-order valence-corrected chi connectivity index (χ0v) is 25.4. The van der Waals surface area contributed by atoms with Gasteiger partial charge in [-0.2, -0.15) is 0 Å². The van der Waals surface area contributed by atoms with Gasteiger partial charge in [-0.3, -0.25) is 5.41 Å². The van der Waals surface area contributed by atoms with Gasteiger partial charge in [0.15, 0.2) is 11.5 Å². The topological polar surface area (TPSA) is 127 Å². The third-order valence-corrected chi connectivity index (χ3v) is 9.10. The number of anilines is 1. The number of ether oxygens (including phenoxy) is 2. The van der Waals surface area contributed by atoms with Gasteiger partial charge in [-0.15, -0.1) is 0 Å². The molecule has 0 fully saturated rings. The Morgan fingerprint density at radius 3 is 2.12 bits per heavy atom. The monoisotopic (exact) mass is 586 g/mol. The van der Waals surface area contributed by atoms with Crippen LogP contribution in [0.25, 0.3) is 0 Å². The lowest BCUT2D eigenvalue weighted by Gasteiger charge is -2.23. The molecule has 4 aromatic rings. The third kappa shape index (κ3) is 7.10. The molecule has 0 radical (unpaired) electrons. The molecule has 42 heavy (non-hydrogen) atoms. The first-order valence-electron chi connectivity index (χ1n) is 13.6. The van der Waals surface area contributed by atoms with Crippen molar-refractivity contribution in [3.05, 3.63) is 118 Å². The van der Waals surface area contributed by atoms with Crippen LogP contribution in [-0.4, -0.2) is 27.9 Å². The number of rotatable bonds is 12. The van der Waals surface area contributed by atoms with Crippen molar-refractivity contribution in [2.24, 2.45) is 5.73 Å². The summed E-state index contributed by atoms with van der Waals surface area (Å²) in [5, 5.41) is 11.1. The largest absolute Gasteiger partial charge is 0.493 e. The number of aryl methyl sites for hydroxylation is 2. The first-order valence-corrected chi connectivity index (χ1v) is 15.1. The molecule has 0 aliphatic carbocycles. The number of benzene rings is 4. The van der Waals surface area contributed by atoms with Gasteiger partial charge in [0.2, 0.25) is 10.0 Å². The van der Waals surface area contributed by atoms with Gasteiger partial charge in [-0.1, -0.05) is 42.5 Å². The van der Waals surface area contributed by atoms with Crippen LogP contribution in [0.15, 0.2) is 83.8 Å². The quantitative estimate of drug-likeness (QED) is 0.121. The molecule has 220 valence electrons. The van der Waals surface area contributed by atoms with E-state index in [1.54, 1.807) is 19.2 Å². The Balaban J connectivity index is 1.64. The fraction of sp³-hybridized carbons (Fsp3) is 0.242. The predicted molar refractivity (Wildman–Crippen MR) is 168 cm³/mol. The maximum Gasteiger partial charge on any atom is 0.241 e. The Morgan fingerprint density at radius 1 is 0.881 bits per heavy atom. The molecular weight excluding hydrogens is 548 g/mol. The number of hydrogen-bond acceptors (Lipinski definition) is 6. The molecule has 0 amide bonds. The van der Waals surface area contributed by atoms with Gasteiger partial charge in [-0.05, 0) is 97.5 Å². The number of sulfonamides is 1. The second kappa shape index (κ2) is 13.1. The van der Waals surface area contributed by atoms with Crippen LogP contribution in [0.4, 0.5) is 5.69 Å².